The first-order valence-electron chi connectivity index (χ1n) is 7.97. The predicted molar refractivity (Wildman–Crippen MR) is 79.3 cm³/mol. The van der Waals surface area contributed by atoms with E-state index in [2.05, 4.69) is 30.6 Å². The first kappa shape index (κ1) is 15.0. The maximum absolute atomic E-state index is 12.3. The second-order valence-corrected chi connectivity index (χ2v) is 7.24. The van der Waals surface area contributed by atoms with Gasteiger partial charge in [0.15, 0.2) is 0 Å². The molecule has 0 aromatic rings. The summed E-state index contributed by atoms with van der Waals surface area (Å²) in [5.41, 5.74) is 0.263. The van der Waals surface area contributed by atoms with Crippen molar-refractivity contribution in [1.29, 1.82) is 0 Å². The van der Waals surface area contributed by atoms with Gasteiger partial charge in [-0.15, -0.1) is 0 Å². The average molecular weight is 266 g/mol. The molecule has 1 heterocycles. The van der Waals surface area contributed by atoms with Gasteiger partial charge in [0.2, 0.25) is 0 Å². The van der Waals surface area contributed by atoms with Gasteiger partial charge in [-0.1, -0.05) is 19.3 Å². The Balaban J connectivity index is 1.74. The number of Topliss-reactive ketones (excluding diaryl/α,β-unsaturated/α-hetero) is 1. The van der Waals surface area contributed by atoms with Gasteiger partial charge in [-0.2, -0.15) is 0 Å². The van der Waals surface area contributed by atoms with Gasteiger partial charge in [0.25, 0.3) is 0 Å². The minimum absolute atomic E-state index is 0.263. The van der Waals surface area contributed by atoms with Gasteiger partial charge in [0.1, 0.15) is 5.78 Å². The Morgan fingerprint density at radius 1 is 1.00 bits per heavy atom. The number of nitrogens with zero attached hydrogens (tertiary/aromatic N) is 2. The summed E-state index contributed by atoms with van der Waals surface area (Å²) >= 11 is 0. The fourth-order valence-corrected chi connectivity index (χ4v) is 3.35. The summed E-state index contributed by atoms with van der Waals surface area (Å²) in [7, 11) is 0. The summed E-state index contributed by atoms with van der Waals surface area (Å²) < 4.78 is 0. The Bertz CT molecular complexity index is 294. The molecule has 0 bridgehead atoms. The van der Waals surface area contributed by atoms with E-state index in [1.54, 1.807) is 0 Å². The molecular formula is C16H30N2O. The van der Waals surface area contributed by atoms with Crippen molar-refractivity contribution < 1.29 is 4.79 Å². The molecule has 0 aromatic heterocycles. The minimum atomic E-state index is 0.263. The molecule has 2 fully saturated rings. The Kier molecular flexibility index (Phi) is 5.02. The molecule has 0 amide bonds. The number of carbonyl (C=O) groups is 1. The van der Waals surface area contributed by atoms with Crippen LogP contribution in [-0.2, 0) is 4.79 Å². The molecule has 2 aliphatic rings. The van der Waals surface area contributed by atoms with Crippen molar-refractivity contribution in [2.45, 2.75) is 58.4 Å². The van der Waals surface area contributed by atoms with Crippen molar-refractivity contribution in [3.05, 3.63) is 0 Å². The van der Waals surface area contributed by atoms with E-state index in [0.29, 0.717) is 18.2 Å². The van der Waals surface area contributed by atoms with Crippen molar-refractivity contribution in [2.75, 3.05) is 32.7 Å². The molecule has 0 spiro atoms. The van der Waals surface area contributed by atoms with Gasteiger partial charge >= 0.3 is 0 Å². The molecule has 0 atom stereocenters. The molecule has 0 unspecified atom stereocenters. The summed E-state index contributed by atoms with van der Waals surface area (Å²) in [4.78, 5) is 17.2. The Morgan fingerprint density at radius 3 is 2.11 bits per heavy atom. The van der Waals surface area contributed by atoms with Crippen LogP contribution in [0.4, 0.5) is 0 Å². The van der Waals surface area contributed by atoms with Crippen LogP contribution in [0.2, 0.25) is 0 Å². The lowest BCUT2D eigenvalue weighted by Gasteiger charge is -2.42. The minimum Gasteiger partial charge on any atom is -0.298 e. The van der Waals surface area contributed by atoms with Crippen LogP contribution in [-0.4, -0.2) is 53.8 Å². The van der Waals surface area contributed by atoms with Crippen LogP contribution in [0, 0.1) is 5.92 Å². The van der Waals surface area contributed by atoms with Gasteiger partial charge in [0, 0.05) is 37.6 Å². The molecule has 3 nitrogen and oxygen atoms in total. The largest absolute Gasteiger partial charge is 0.298 e. The first-order chi connectivity index (χ1) is 8.97. The van der Waals surface area contributed by atoms with Crippen molar-refractivity contribution in [1.82, 2.24) is 9.80 Å². The number of carbonyl (C=O) groups excluding carboxylic acids is 1. The highest BCUT2D eigenvalue weighted by Crippen LogP contribution is 2.25. The normalized spacial score (nSPS) is 24.6. The Hall–Kier alpha value is -0.410. The standard InChI is InChI=1S/C16H30N2O/c1-16(2,3)18-11-9-17(10-12-18)13-15(19)14-7-5-4-6-8-14/h14H,4-13H2,1-3H3. The molecule has 0 aromatic carbocycles. The smallest absolute Gasteiger partial charge is 0.149 e. The summed E-state index contributed by atoms with van der Waals surface area (Å²) in [5, 5.41) is 0. The lowest BCUT2D eigenvalue weighted by molar-refractivity contribution is -0.125. The molecule has 1 aliphatic carbocycles. The SMILES string of the molecule is CC(C)(C)N1CCN(CC(=O)C2CCCCC2)CC1. The maximum atomic E-state index is 12.3. The van der Waals surface area contributed by atoms with Gasteiger partial charge in [-0.3, -0.25) is 14.6 Å². The Morgan fingerprint density at radius 2 is 1.58 bits per heavy atom. The molecule has 110 valence electrons. The van der Waals surface area contributed by atoms with E-state index in [1.807, 2.05) is 0 Å². The highest BCUT2D eigenvalue weighted by molar-refractivity contribution is 5.83. The fourth-order valence-electron chi connectivity index (χ4n) is 3.35. The summed E-state index contributed by atoms with van der Waals surface area (Å²) in [6.45, 7) is 11.8. The highest BCUT2D eigenvalue weighted by atomic mass is 16.1. The quantitative estimate of drug-likeness (QED) is 0.784. The third-order valence-corrected chi connectivity index (χ3v) is 4.76. The lowest BCUT2D eigenvalue weighted by atomic mass is 9.86. The molecule has 3 heteroatoms. The van der Waals surface area contributed by atoms with E-state index in [0.717, 1.165) is 39.0 Å². The number of hydrogen-bond donors (Lipinski definition) is 0. The monoisotopic (exact) mass is 266 g/mol. The highest BCUT2D eigenvalue weighted by Gasteiger charge is 2.28. The van der Waals surface area contributed by atoms with Crippen LogP contribution < -0.4 is 0 Å². The topological polar surface area (TPSA) is 23.6 Å². The molecule has 0 radical (unpaired) electrons. The second kappa shape index (κ2) is 6.36. The zero-order valence-electron chi connectivity index (χ0n) is 13.0. The van der Waals surface area contributed by atoms with Crippen LogP contribution >= 0.6 is 0 Å². The fraction of sp³-hybridized carbons (Fsp3) is 0.938. The molecule has 1 saturated carbocycles. The van der Waals surface area contributed by atoms with E-state index in [4.69, 9.17) is 0 Å². The van der Waals surface area contributed by atoms with Gasteiger partial charge in [-0.25, -0.2) is 0 Å². The van der Waals surface area contributed by atoms with Crippen molar-refractivity contribution in [3.8, 4) is 0 Å². The van der Waals surface area contributed by atoms with E-state index in [-0.39, 0.29) is 5.54 Å². The van der Waals surface area contributed by atoms with Crippen LogP contribution in [0.1, 0.15) is 52.9 Å². The molecule has 0 N–H and O–H groups in total. The maximum Gasteiger partial charge on any atom is 0.149 e. The van der Waals surface area contributed by atoms with Gasteiger partial charge in [0.05, 0.1) is 6.54 Å². The van der Waals surface area contributed by atoms with E-state index >= 15 is 0 Å². The Labute approximate surface area is 118 Å². The van der Waals surface area contributed by atoms with Crippen molar-refractivity contribution in [3.63, 3.8) is 0 Å². The number of hydrogen-bond acceptors (Lipinski definition) is 3. The predicted octanol–water partition coefficient (Wildman–Crippen LogP) is 2.55. The van der Waals surface area contributed by atoms with Crippen LogP contribution in [0.25, 0.3) is 0 Å². The van der Waals surface area contributed by atoms with E-state index in [1.165, 1.54) is 19.3 Å². The van der Waals surface area contributed by atoms with E-state index < -0.39 is 0 Å². The summed E-state index contributed by atoms with van der Waals surface area (Å²) in [6, 6.07) is 0. The molecule has 1 saturated heterocycles. The van der Waals surface area contributed by atoms with Gasteiger partial charge in [-0.05, 0) is 33.6 Å². The molecule has 1 aliphatic heterocycles. The van der Waals surface area contributed by atoms with Crippen LogP contribution in [0.3, 0.4) is 0 Å². The zero-order chi connectivity index (χ0) is 13.9. The number of ketones is 1. The summed E-state index contributed by atoms with van der Waals surface area (Å²) in [6.07, 6.45) is 6.12. The molecule has 19 heavy (non-hydrogen) atoms. The zero-order valence-corrected chi connectivity index (χ0v) is 13.0. The third kappa shape index (κ3) is 4.28. The molecular weight excluding hydrogens is 236 g/mol. The lowest BCUT2D eigenvalue weighted by Crippen LogP contribution is -2.54. The number of rotatable bonds is 3. The summed E-state index contributed by atoms with van der Waals surface area (Å²) in [5.74, 6) is 0.873. The molecule has 2 rings (SSSR count). The third-order valence-electron chi connectivity index (χ3n) is 4.76. The first-order valence-corrected chi connectivity index (χ1v) is 7.97. The number of piperazine rings is 1. The van der Waals surface area contributed by atoms with Crippen LogP contribution in [0.5, 0.6) is 0 Å². The van der Waals surface area contributed by atoms with Gasteiger partial charge < -0.3 is 0 Å². The van der Waals surface area contributed by atoms with E-state index in [9.17, 15) is 4.79 Å². The second-order valence-electron chi connectivity index (χ2n) is 7.24. The van der Waals surface area contributed by atoms with Crippen molar-refractivity contribution in [2.24, 2.45) is 5.92 Å². The van der Waals surface area contributed by atoms with Crippen molar-refractivity contribution >= 4 is 5.78 Å². The van der Waals surface area contributed by atoms with Crippen LogP contribution in [0.15, 0.2) is 0 Å². The average Bonchev–Trinajstić information content (AvgIpc) is 2.39.